The van der Waals surface area contributed by atoms with Gasteiger partial charge in [-0.05, 0) is 111 Å². The molecule has 0 spiro atoms. The first-order valence-electron chi connectivity index (χ1n) is 21.1. The Bertz CT molecular complexity index is 1420. The first-order chi connectivity index (χ1) is 25.0. The van der Waals surface area contributed by atoms with Crippen molar-refractivity contribution in [2.24, 2.45) is 34.5 Å². The molecule has 0 bridgehead atoms. The molecule has 2 saturated heterocycles. The van der Waals surface area contributed by atoms with Gasteiger partial charge in [-0.2, -0.15) is 0 Å². The number of nitrogens with zero attached hydrogens (tertiary/aromatic N) is 3. The summed E-state index contributed by atoms with van der Waals surface area (Å²) >= 11 is 0. The van der Waals surface area contributed by atoms with Gasteiger partial charge in [-0.15, -0.1) is 0 Å². The third-order valence-corrected chi connectivity index (χ3v) is 15.5. The number of carbonyl (C=O) groups is 3. The summed E-state index contributed by atoms with van der Waals surface area (Å²) in [5.74, 6) is 2.28. The smallest absolute Gasteiger partial charge is 0.246 e. The number of hydrogen-bond acceptors (Lipinski definition) is 6. The maximum Gasteiger partial charge on any atom is 0.246 e. The van der Waals surface area contributed by atoms with Gasteiger partial charge in [0.25, 0.3) is 0 Å². The Balaban J connectivity index is 0.979. The van der Waals surface area contributed by atoms with Crippen LogP contribution < -0.4 is 5.32 Å². The molecule has 9 heteroatoms. The van der Waals surface area contributed by atoms with Gasteiger partial charge in [-0.25, -0.2) is 0 Å². The molecule has 0 unspecified atom stereocenters. The van der Waals surface area contributed by atoms with E-state index >= 15 is 0 Å². The summed E-state index contributed by atoms with van der Waals surface area (Å²) in [5, 5.41) is 25.6. The standard InChI is InChI=1S/C43H66N4O5/c1-4-5-7-14-39(50)44-34(26-29-11-8-6-9-12-29)40(51)47-21-10-13-35(47)41(52)46-24-22-45(23-25-46)36-28-43(3)30(27-37(36)48)15-16-31-32-17-18-38(49)42(32,2)20-19-33(31)43/h6,8-9,11-12,30-38,48-49H,4-5,7,10,13-28H2,1-3H3,(H,44,50)/t30-,31-,32-,33-,34-,35-,36-,37-,38-,42-,43-/m0/s1. The number of aliphatic hydroxyl groups excluding tert-OH is 2. The average Bonchev–Trinajstić information content (AvgIpc) is 3.76. The lowest BCUT2D eigenvalue weighted by atomic mass is 9.44. The first-order valence-corrected chi connectivity index (χ1v) is 21.1. The Hall–Kier alpha value is -2.49. The zero-order chi connectivity index (χ0) is 36.6. The van der Waals surface area contributed by atoms with Gasteiger partial charge in [0.2, 0.25) is 17.7 Å². The van der Waals surface area contributed by atoms with E-state index in [4.69, 9.17) is 0 Å². The lowest BCUT2D eigenvalue weighted by molar-refractivity contribution is -0.158. The minimum atomic E-state index is -0.698. The number of aliphatic hydroxyl groups is 2. The molecule has 288 valence electrons. The molecule has 6 fully saturated rings. The minimum Gasteiger partial charge on any atom is -0.393 e. The van der Waals surface area contributed by atoms with Crippen molar-refractivity contribution < 1.29 is 24.6 Å². The van der Waals surface area contributed by atoms with Crippen LogP contribution in [0, 0.1) is 34.5 Å². The van der Waals surface area contributed by atoms with Crippen molar-refractivity contribution in [3.05, 3.63) is 35.9 Å². The summed E-state index contributed by atoms with van der Waals surface area (Å²) in [6, 6.07) is 8.72. The maximum absolute atomic E-state index is 14.1. The van der Waals surface area contributed by atoms with Crippen LogP contribution in [0.2, 0.25) is 0 Å². The van der Waals surface area contributed by atoms with Crippen LogP contribution in [0.3, 0.4) is 0 Å². The highest BCUT2D eigenvalue weighted by Crippen LogP contribution is 2.66. The number of nitrogens with one attached hydrogen (secondary N) is 1. The Morgan fingerprint density at radius 3 is 2.38 bits per heavy atom. The number of unbranched alkanes of at least 4 members (excludes halogenated alkanes) is 2. The van der Waals surface area contributed by atoms with Crippen LogP contribution in [-0.2, 0) is 20.8 Å². The van der Waals surface area contributed by atoms with Crippen molar-refractivity contribution in [3.8, 4) is 0 Å². The Morgan fingerprint density at radius 1 is 0.885 bits per heavy atom. The molecule has 1 aromatic rings. The van der Waals surface area contributed by atoms with Gasteiger partial charge in [0.1, 0.15) is 12.1 Å². The third kappa shape index (κ3) is 7.20. The molecule has 3 amide bonds. The number of hydrogen-bond donors (Lipinski definition) is 3. The summed E-state index contributed by atoms with van der Waals surface area (Å²) in [6.07, 6.45) is 13.3. The summed E-state index contributed by atoms with van der Waals surface area (Å²) < 4.78 is 0. The molecule has 1 aromatic carbocycles. The highest BCUT2D eigenvalue weighted by atomic mass is 16.3. The summed E-state index contributed by atoms with van der Waals surface area (Å²) in [6.45, 7) is 10.2. The fraction of sp³-hybridized carbons (Fsp3) is 0.791. The molecule has 0 radical (unpaired) electrons. The largest absolute Gasteiger partial charge is 0.393 e. The number of amides is 3. The molecule has 2 heterocycles. The molecule has 2 aliphatic heterocycles. The van der Waals surface area contributed by atoms with Crippen LogP contribution in [0.25, 0.3) is 0 Å². The van der Waals surface area contributed by atoms with E-state index in [1.54, 1.807) is 4.90 Å². The minimum absolute atomic E-state index is 0.0218. The fourth-order valence-electron chi connectivity index (χ4n) is 12.4. The second-order valence-electron chi connectivity index (χ2n) is 18.2. The predicted octanol–water partition coefficient (Wildman–Crippen LogP) is 5.17. The van der Waals surface area contributed by atoms with Crippen molar-refractivity contribution in [1.82, 2.24) is 20.0 Å². The van der Waals surface area contributed by atoms with Gasteiger partial charge in [-0.3, -0.25) is 19.3 Å². The maximum atomic E-state index is 14.1. The molecule has 7 rings (SSSR count). The molecular formula is C43H66N4O5. The van der Waals surface area contributed by atoms with E-state index in [2.05, 4.69) is 31.0 Å². The number of carbonyl (C=O) groups excluding carboxylic acids is 3. The molecule has 52 heavy (non-hydrogen) atoms. The number of rotatable bonds is 10. The Kier molecular flexibility index (Phi) is 11.4. The molecule has 4 saturated carbocycles. The second kappa shape index (κ2) is 15.7. The van der Waals surface area contributed by atoms with E-state index in [1.807, 2.05) is 35.2 Å². The van der Waals surface area contributed by atoms with Gasteiger partial charge in [0.15, 0.2) is 0 Å². The molecule has 6 aliphatic rings. The van der Waals surface area contributed by atoms with Crippen molar-refractivity contribution in [2.45, 2.75) is 147 Å². The number of piperazine rings is 1. The van der Waals surface area contributed by atoms with E-state index in [-0.39, 0.29) is 46.8 Å². The highest BCUT2D eigenvalue weighted by Gasteiger charge is 2.61. The third-order valence-electron chi connectivity index (χ3n) is 15.5. The lowest BCUT2D eigenvalue weighted by Crippen LogP contribution is -2.63. The lowest BCUT2D eigenvalue weighted by Gasteiger charge is -2.62. The molecular weight excluding hydrogens is 652 g/mol. The van der Waals surface area contributed by atoms with Crippen molar-refractivity contribution in [2.75, 3.05) is 32.7 Å². The number of likely N-dealkylation sites (tertiary alicyclic amines) is 1. The highest BCUT2D eigenvalue weighted by molar-refractivity contribution is 5.92. The summed E-state index contributed by atoms with van der Waals surface area (Å²) in [7, 11) is 0. The molecule has 0 aromatic heterocycles. The topological polar surface area (TPSA) is 113 Å². The van der Waals surface area contributed by atoms with Crippen LogP contribution in [-0.4, -0.2) is 106 Å². The Labute approximate surface area is 312 Å². The van der Waals surface area contributed by atoms with Crippen LogP contribution in [0.1, 0.15) is 116 Å². The first kappa shape index (κ1) is 37.8. The van der Waals surface area contributed by atoms with E-state index in [0.717, 1.165) is 76.4 Å². The average molecular weight is 719 g/mol. The van der Waals surface area contributed by atoms with Crippen LogP contribution >= 0.6 is 0 Å². The van der Waals surface area contributed by atoms with E-state index in [9.17, 15) is 24.6 Å². The molecule has 4 aliphatic carbocycles. The number of fused-ring (bicyclic) bond motifs is 5. The number of benzene rings is 1. The molecule has 9 nitrogen and oxygen atoms in total. The normalized spacial score (nSPS) is 38.2. The van der Waals surface area contributed by atoms with Crippen molar-refractivity contribution >= 4 is 17.7 Å². The fourth-order valence-corrected chi connectivity index (χ4v) is 12.4. The van der Waals surface area contributed by atoms with E-state index in [0.29, 0.717) is 62.6 Å². The zero-order valence-electron chi connectivity index (χ0n) is 32.2. The monoisotopic (exact) mass is 719 g/mol. The van der Waals surface area contributed by atoms with Gasteiger partial charge >= 0.3 is 0 Å². The second-order valence-corrected chi connectivity index (χ2v) is 18.2. The zero-order valence-corrected chi connectivity index (χ0v) is 32.2. The predicted molar refractivity (Wildman–Crippen MR) is 202 cm³/mol. The van der Waals surface area contributed by atoms with Gasteiger partial charge in [0.05, 0.1) is 12.2 Å². The van der Waals surface area contributed by atoms with Gasteiger partial charge < -0.3 is 25.3 Å². The quantitative estimate of drug-likeness (QED) is 0.288. The van der Waals surface area contributed by atoms with Gasteiger partial charge in [-0.1, -0.05) is 63.9 Å². The SMILES string of the molecule is CCCCCC(=O)N[C@@H](Cc1ccccc1)C(=O)N1CCC[C@H]1C(=O)N1CCN([C@H]2C[C@@]3(C)[C@@H](CC[C@@H]4[C@@H]3CC[C@]3(C)[C@@H](O)CC[C@@H]43)C[C@@H]2O)CC1. The Morgan fingerprint density at radius 2 is 1.63 bits per heavy atom. The van der Waals surface area contributed by atoms with Crippen LogP contribution in [0.5, 0.6) is 0 Å². The van der Waals surface area contributed by atoms with Crippen molar-refractivity contribution in [1.29, 1.82) is 0 Å². The van der Waals surface area contributed by atoms with Crippen molar-refractivity contribution in [3.63, 3.8) is 0 Å². The van der Waals surface area contributed by atoms with E-state index < -0.39 is 12.1 Å². The van der Waals surface area contributed by atoms with E-state index in [1.165, 1.54) is 19.3 Å². The summed E-state index contributed by atoms with van der Waals surface area (Å²) in [4.78, 5) is 47.4. The molecule has 3 N–H and O–H groups in total. The van der Waals surface area contributed by atoms with Crippen LogP contribution in [0.15, 0.2) is 30.3 Å². The summed E-state index contributed by atoms with van der Waals surface area (Å²) in [5.41, 5.74) is 1.26. The molecule has 11 atom stereocenters. The van der Waals surface area contributed by atoms with Crippen LogP contribution in [0.4, 0.5) is 0 Å². The van der Waals surface area contributed by atoms with Gasteiger partial charge in [0, 0.05) is 51.6 Å².